The van der Waals surface area contributed by atoms with Gasteiger partial charge < -0.3 is 31.5 Å². The highest BCUT2D eigenvalue weighted by atomic mass is 33.1. The smallest absolute Gasteiger partial charge is 0.325 e. The fraction of sp³-hybridized carbons (Fsp3) is 0.300. The predicted octanol–water partition coefficient (Wildman–Crippen LogP) is 2.77. The molecule has 15 nitrogen and oxygen atoms in total. The average molecular weight is 680 g/mol. The highest BCUT2D eigenvalue weighted by Gasteiger charge is 2.23. The van der Waals surface area contributed by atoms with Crippen LogP contribution >= 0.6 is 21.6 Å². The van der Waals surface area contributed by atoms with Gasteiger partial charge in [-0.2, -0.15) is 9.97 Å². The number of nitrogen functional groups attached to an aromatic ring is 2. The van der Waals surface area contributed by atoms with Gasteiger partial charge in [-0.3, -0.25) is 19.2 Å². The predicted molar refractivity (Wildman–Crippen MR) is 178 cm³/mol. The maximum atomic E-state index is 12.9. The number of fused-ring (bicyclic) bond motifs is 1. The first-order chi connectivity index (χ1) is 22.6. The molecule has 4 rings (SSSR count). The van der Waals surface area contributed by atoms with Crippen LogP contribution in [-0.2, 0) is 25.7 Å². The minimum absolute atomic E-state index is 0.0110. The number of esters is 1. The number of aromatic nitrogens is 5. The van der Waals surface area contributed by atoms with Crippen LogP contribution in [0.25, 0.3) is 11.2 Å². The quantitative estimate of drug-likeness (QED) is 0.0544. The number of nitrogens with zero attached hydrogens (tertiary/aromatic N) is 6. The molecule has 1 atom stereocenters. The van der Waals surface area contributed by atoms with Gasteiger partial charge in [0.25, 0.3) is 0 Å². The van der Waals surface area contributed by atoms with Crippen molar-refractivity contribution in [2.24, 2.45) is 5.92 Å². The van der Waals surface area contributed by atoms with E-state index in [1.807, 2.05) is 30.1 Å². The standard InChI is InChI=1S/C30H33N9O6S2/c1-39(17-20-15-35-28-26(36-20)27(31)37-30(32)38-28)21-8-5-18(6-9-21)22(40)14-19(29(43)44)7-10-23(41)34-16-25(42)45-12-13-46-47-24-4-2-3-11-33-24/h2-6,8-9,11,15,19H,7,10,12-14,16-17H2,1H3,(H,34,41)(H,43,44)(H4,31,32,35,37,38)/t19-/m1/s1. The molecule has 4 aromatic rings. The number of aliphatic carboxylic acids is 1. The minimum Gasteiger partial charge on any atom is -0.481 e. The topological polar surface area (TPSA) is 229 Å². The second kappa shape index (κ2) is 17.0. The lowest BCUT2D eigenvalue weighted by Gasteiger charge is -2.19. The lowest BCUT2D eigenvalue weighted by atomic mass is 9.94. The molecule has 0 unspecified atom stereocenters. The number of carbonyl (C=O) groups is 4. The number of anilines is 3. The molecule has 0 radical (unpaired) electrons. The minimum atomic E-state index is -1.19. The van der Waals surface area contributed by atoms with E-state index in [2.05, 4.69) is 30.2 Å². The Labute approximate surface area is 277 Å². The normalized spacial score (nSPS) is 11.5. The molecule has 6 N–H and O–H groups in total. The molecule has 0 spiro atoms. The molecule has 1 aromatic carbocycles. The average Bonchev–Trinajstić information content (AvgIpc) is 3.06. The molecule has 0 saturated heterocycles. The zero-order valence-electron chi connectivity index (χ0n) is 25.4. The third-order valence-electron chi connectivity index (χ3n) is 6.67. The second-order valence-electron chi connectivity index (χ2n) is 10.2. The number of pyridine rings is 1. The molecule has 47 heavy (non-hydrogen) atoms. The van der Waals surface area contributed by atoms with Gasteiger partial charge in [-0.15, -0.1) is 0 Å². The summed E-state index contributed by atoms with van der Waals surface area (Å²) < 4.78 is 5.10. The molecule has 246 valence electrons. The highest BCUT2D eigenvalue weighted by molar-refractivity contribution is 8.76. The van der Waals surface area contributed by atoms with Crippen molar-refractivity contribution in [2.75, 3.05) is 42.3 Å². The zero-order chi connectivity index (χ0) is 33.8. The van der Waals surface area contributed by atoms with Gasteiger partial charge in [0, 0.05) is 43.1 Å². The summed E-state index contributed by atoms with van der Waals surface area (Å²) in [5.74, 6) is -3.06. The van der Waals surface area contributed by atoms with Crippen molar-refractivity contribution in [3.63, 3.8) is 0 Å². The number of benzene rings is 1. The van der Waals surface area contributed by atoms with E-state index in [1.165, 1.54) is 21.6 Å². The summed E-state index contributed by atoms with van der Waals surface area (Å²) in [7, 11) is 4.78. The summed E-state index contributed by atoms with van der Waals surface area (Å²) in [5.41, 5.74) is 13.9. The molecule has 3 heterocycles. The van der Waals surface area contributed by atoms with Crippen LogP contribution in [0.2, 0.25) is 0 Å². The van der Waals surface area contributed by atoms with Crippen LogP contribution in [0.3, 0.4) is 0 Å². The molecule has 0 saturated carbocycles. The monoisotopic (exact) mass is 679 g/mol. The Morgan fingerprint density at radius 3 is 2.55 bits per heavy atom. The fourth-order valence-corrected chi connectivity index (χ4v) is 5.96. The fourth-order valence-electron chi connectivity index (χ4n) is 4.25. The lowest BCUT2D eigenvalue weighted by Crippen LogP contribution is -2.31. The summed E-state index contributed by atoms with van der Waals surface area (Å²) >= 11 is 0. The molecular weight excluding hydrogens is 647 g/mol. The third kappa shape index (κ3) is 10.8. The van der Waals surface area contributed by atoms with Gasteiger partial charge in [0.05, 0.1) is 24.4 Å². The molecule has 0 fully saturated rings. The maximum absolute atomic E-state index is 12.9. The molecule has 0 aliphatic rings. The number of carboxylic acid groups (broad SMARTS) is 1. The van der Waals surface area contributed by atoms with E-state index in [9.17, 15) is 24.3 Å². The van der Waals surface area contributed by atoms with E-state index in [-0.39, 0.29) is 50.0 Å². The first kappa shape index (κ1) is 34.8. The Morgan fingerprint density at radius 1 is 1.04 bits per heavy atom. The van der Waals surface area contributed by atoms with Gasteiger partial charge in [0.15, 0.2) is 22.8 Å². The molecule has 3 aromatic heterocycles. The van der Waals surface area contributed by atoms with Crippen LogP contribution < -0.4 is 21.7 Å². The Balaban J connectivity index is 1.18. The number of rotatable bonds is 17. The van der Waals surface area contributed by atoms with E-state index in [1.54, 1.807) is 36.7 Å². The number of nitrogens with one attached hydrogen (secondary N) is 1. The van der Waals surface area contributed by atoms with Crippen molar-refractivity contribution in [3.8, 4) is 0 Å². The van der Waals surface area contributed by atoms with Crippen molar-refractivity contribution < 1.29 is 29.0 Å². The van der Waals surface area contributed by atoms with Gasteiger partial charge in [-0.05, 0) is 53.6 Å². The Hall–Kier alpha value is -5.03. The maximum Gasteiger partial charge on any atom is 0.325 e. The SMILES string of the molecule is CN(Cc1cnc2nc(N)nc(N)c2n1)c1ccc(C(=O)C[C@@H](CCC(=O)NCC(=O)OCCSSc2ccccn2)C(=O)O)cc1. The van der Waals surface area contributed by atoms with Gasteiger partial charge in [0.2, 0.25) is 11.9 Å². The number of amides is 1. The number of carbonyl (C=O) groups excluding carboxylic acids is 3. The van der Waals surface area contributed by atoms with E-state index in [4.69, 9.17) is 16.2 Å². The van der Waals surface area contributed by atoms with Gasteiger partial charge in [-0.25, -0.2) is 15.0 Å². The summed E-state index contributed by atoms with van der Waals surface area (Å²) in [4.78, 5) is 71.7. The van der Waals surface area contributed by atoms with Gasteiger partial charge in [0.1, 0.15) is 18.2 Å². The summed E-state index contributed by atoms with van der Waals surface area (Å²) in [6, 6.07) is 12.3. The van der Waals surface area contributed by atoms with E-state index >= 15 is 0 Å². The van der Waals surface area contributed by atoms with Crippen LogP contribution in [0.4, 0.5) is 17.5 Å². The molecule has 0 bridgehead atoms. The number of Topliss-reactive ketones (excluding diaryl/α,β-unsaturated/α-hetero) is 1. The zero-order valence-corrected chi connectivity index (χ0v) is 27.0. The third-order valence-corrected chi connectivity index (χ3v) is 8.90. The Kier molecular flexibility index (Phi) is 12.6. The molecule has 1 amide bonds. The first-order valence-corrected chi connectivity index (χ1v) is 16.7. The molecule has 0 aliphatic carbocycles. The van der Waals surface area contributed by atoms with Crippen molar-refractivity contribution in [3.05, 3.63) is 66.1 Å². The lowest BCUT2D eigenvalue weighted by molar-refractivity contribution is -0.144. The summed E-state index contributed by atoms with van der Waals surface area (Å²) in [5, 5.41) is 12.9. The summed E-state index contributed by atoms with van der Waals surface area (Å²) in [6.45, 7) is 0.200. The molecule has 0 aliphatic heterocycles. The van der Waals surface area contributed by atoms with Crippen LogP contribution in [0.5, 0.6) is 0 Å². The van der Waals surface area contributed by atoms with Crippen LogP contribution in [-0.4, -0.2) is 79.6 Å². The van der Waals surface area contributed by atoms with Crippen molar-refractivity contribution >= 4 is 73.8 Å². The number of ketones is 1. The second-order valence-corrected chi connectivity index (χ2v) is 12.6. The molecule has 17 heteroatoms. The number of nitrogens with two attached hydrogens (primary N) is 2. The van der Waals surface area contributed by atoms with E-state index < -0.39 is 23.8 Å². The van der Waals surface area contributed by atoms with Crippen molar-refractivity contribution in [1.29, 1.82) is 0 Å². The highest BCUT2D eigenvalue weighted by Crippen LogP contribution is 2.28. The van der Waals surface area contributed by atoms with Crippen LogP contribution in [0.1, 0.15) is 35.3 Å². The van der Waals surface area contributed by atoms with Gasteiger partial charge in [-0.1, -0.05) is 16.9 Å². The van der Waals surface area contributed by atoms with E-state index in [0.29, 0.717) is 34.7 Å². The number of ether oxygens (including phenoxy) is 1. The number of carboxylic acids is 1. The van der Waals surface area contributed by atoms with Crippen molar-refractivity contribution in [2.45, 2.75) is 30.8 Å². The Morgan fingerprint density at radius 2 is 1.83 bits per heavy atom. The Bertz CT molecular complexity index is 1710. The van der Waals surface area contributed by atoms with Crippen LogP contribution in [0.15, 0.2) is 59.9 Å². The van der Waals surface area contributed by atoms with Crippen molar-refractivity contribution in [1.82, 2.24) is 30.2 Å². The number of hydrogen-bond acceptors (Lipinski definition) is 15. The molecular formula is C30H33N9O6S2. The van der Waals surface area contributed by atoms with Gasteiger partial charge >= 0.3 is 11.9 Å². The van der Waals surface area contributed by atoms with E-state index in [0.717, 1.165) is 10.7 Å². The summed E-state index contributed by atoms with van der Waals surface area (Å²) in [6.07, 6.45) is 2.74. The first-order valence-electron chi connectivity index (χ1n) is 14.3. The largest absolute Gasteiger partial charge is 0.481 e. The number of hydrogen-bond donors (Lipinski definition) is 4. The van der Waals surface area contributed by atoms with Crippen LogP contribution in [0, 0.1) is 5.92 Å².